The molecule has 0 bridgehead atoms. The average Bonchev–Trinajstić information content (AvgIpc) is 2.49. The molecule has 0 saturated carbocycles. The molecule has 1 aromatic carbocycles. The smallest absolute Gasteiger partial charge is 0.320 e. The molecule has 0 aliphatic rings. The number of benzene rings is 1. The molecule has 0 amide bonds. The Bertz CT molecular complexity index is 508. The molecule has 0 aliphatic heterocycles. The molecule has 0 spiro atoms. The first-order chi connectivity index (χ1) is 10.5. The number of nitrogens with two attached hydrogens (primary N) is 1. The molecule has 0 radical (unpaired) electrons. The standard InChI is InChI=1S/C17H23NO4/c1-2-3-4-5-6-7-16(19)22-14-10-8-13(9-11-14)12-15(18)17(20)21/h3-4,8-11,15H,2,5-7,12,18H2,1H3,(H,20,21). The number of unbranched alkanes of at least 4 members (excludes halogenated alkanes) is 1. The van der Waals surface area contributed by atoms with E-state index in [0.717, 1.165) is 24.8 Å². The van der Waals surface area contributed by atoms with Crippen molar-refractivity contribution in [1.82, 2.24) is 0 Å². The molecule has 0 aliphatic carbocycles. The van der Waals surface area contributed by atoms with Gasteiger partial charge in [-0.25, -0.2) is 0 Å². The fraction of sp³-hybridized carbons (Fsp3) is 0.412. The molecular weight excluding hydrogens is 282 g/mol. The van der Waals surface area contributed by atoms with Gasteiger partial charge in [0.1, 0.15) is 11.8 Å². The van der Waals surface area contributed by atoms with Crippen molar-refractivity contribution < 1.29 is 19.4 Å². The summed E-state index contributed by atoms with van der Waals surface area (Å²) in [5.74, 6) is -0.839. The predicted molar refractivity (Wildman–Crippen MR) is 84.7 cm³/mol. The van der Waals surface area contributed by atoms with E-state index in [0.29, 0.717) is 12.2 Å². The van der Waals surface area contributed by atoms with Crippen LogP contribution in [0.1, 0.15) is 38.2 Å². The van der Waals surface area contributed by atoms with Crippen LogP contribution in [0, 0.1) is 0 Å². The van der Waals surface area contributed by atoms with Crippen LogP contribution in [0.5, 0.6) is 5.75 Å². The second kappa shape index (κ2) is 9.73. The van der Waals surface area contributed by atoms with Crippen LogP contribution >= 0.6 is 0 Å². The maximum absolute atomic E-state index is 11.7. The van der Waals surface area contributed by atoms with Crippen molar-refractivity contribution in [3.05, 3.63) is 42.0 Å². The van der Waals surface area contributed by atoms with Crippen molar-refractivity contribution in [2.45, 2.75) is 45.1 Å². The summed E-state index contributed by atoms with van der Waals surface area (Å²) in [6.45, 7) is 2.07. The highest BCUT2D eigenvalue weighted by atomic mass is 16.5. The van der Waals surface area contributed by atoms with E-state index in [-0.39, 0.29) is 12.4 Å². The van der Waals surface area contributed by atoms with Crippen LogP contribution in [-0.2, 0) is 16.0 Å². The van der Waals surface area contributed by atoms with Gasteiger partial charge in [0.25, 0.3) is 0 Å². The molecule has 1 rings (SSSR count). The summed E-state index contributed by atoms with van der Waals surface area (Å²) in [6, 6.07) is 5.81. The minimum atomic E-state index is -1.03. The number of esters is 1. The van der Waals surface area contributed by atoms with Crippen molar-refractivity contribution in [3.8, 4) is 5.75 Å². The van der Waals surface area contributed by atoms with E-state index in [1.54, 1.807) is 24.3 Å². The minimum Gasteiger partial charge on any atom is -0.480 e. The lowest BCUT2D eigenvalue weighted by atomic mass is 10.1. The van der Waals surface area contributed by atoms with Gasteiger partial charge < -0.3 is 15.6 Å². The minimum absolute atomic E-state index is 0.243. The molecule has 5 heteroatoms. The summed E-state index contributed by atoms with van der Waals surface area (Å²) in [7, 11) is 0. The quantitative estimate of drug-likeness (QED) is 0.317. The fourth-order valence-electron chi connectivity index (χ4n) is 1.87. The van der Waals surface area contributed by atoms with Gasteiger partial charge in [-0.15, -0.1) is 0 Å². The van der Waals surface area contributed by atoms with Crippen LogP contribution < -0.4 is 10.5 Å². The molecule has 1 unspecified atom stereocenters. The van der Waals surface area contributed by atoms with Gasteiger partial charge in [0.05, 0.1) is 0 Å². The van der Waals surface area contributed by atoms with E-state index in [4.69, 9.17) is 15.6 Å². The highest BCUT2D eigenvalue weighted by Gasteiger charge is 2.12. The highest BCUT2D eigenvalue weighted by molar-refractivity contribution is 5.73. The molecule has 0 aromatic heterocycles. The van der Waals surface area contributed by atoms with Crippen LogP contribution in [0.3, 0.4) is 0 Å². The van der Waals surface area contributed by atoms with Crippen LogP contribution in [0.25, 0.3) is 0 Å². The van der Waals surface area contributed by atoms with Gasteiger partial charge in [-0.2, -0.15) is 0 Å². The van der Waals surface area contributed by atoms with Crippen molar-refractivity contribution >= 4 is 11.9 Å². The largest absolute Gasteiger partial charge is 0.480 e. The number of hydrogen-bond donors (Lipinski definition) is 2. The number of carboxylic acid groups (broad SMARTS) is 1. The summed E-state index contributed by atoms with van der Waals surface area (Å²) in [6.07, 6.45) is 7.39. The number of ether oxygens (including phenoxy) is 1. The van der Waals surface area contributed by atoms with Crippen LogP contribution in [0.2, 0.25) is 0 Å². The topological polar surface area (TPSA) is 89.6 Å². The van der Waals surface area contributed by atoms with Gasteiger partial charge in [-0.05, 0) is 43.4 Å². The van der Waals surface area contributed by atoms with E-state index in [2.05, 4.69) is 19.1 Å². The first-order valence-corrected chi connectivity index (χ1v) is 7.46. The molecule has 22 heavy (non-hydrogen) atoms. The second-order valence-corrected chi connectivity index (χ2v) is 5.04. The van der Waals surface area contributed by atoms with Gasteiger partial charge in [-0.3, -0.25) is 9.59 Å². The highest BCUT2D eigenvalue weighted by Crippen LogP contribution is 2.14. The van der Waals surface area contributed by atoms with Crippen LogP contribution in [-0.4, -0.2) is 23.1 Å². The normalized spacial score (nSPS) is 12.3. The maximum Gasteiger partial charge on any atom is 0.320 e. The molecule has 0 saturated heterocycles. The number of rotatable bonds is 9. The average molecular weight is 305 g/mol. The second-order valence-electron chi connectivity index (χ2n) is 5.04. The summed E-state index contributed by atoms with van der Waals surface area (Å²) < 4.78 is 5.22. The Kier molecular flexibility index (Phi) is 7.92. The van der Waals surface area contributed by atoms with E-state index in [9.17, 15) is 9.59 Å². The molecule has 0 fully saturated rings. The number of aliphatic carboxylic acids is 1. The SMILES string of the molecule is CCC=CCCCC(=O)Oc1ccc(CC(N)C(=O)O)cc1. The Hall–Kier alpha value is -2.14. The van der Waals surface area contributed by atoms with Crippen molar-refractivity contribution in [2.75, 3.05) is 0 Å². The Balaban J connectivity index is 2.38. The molecule has 1 atom stereocenters. The lowest BCUT2D eigenvalue weighted by molar-refractivity contribution is -0.138. The Labute approximate surface area is 130 Å². The van der Waals surface area contributed by atoms with Gasteiger partial charge in [0.2, 0.25) is 0 Å². The monoisotopic (exact) mass is 305 g/mol. The molecule has 1 aromatic rings. The first-order valence-electron chi connectivity index (χ1n) is 7.46. The van der Waals surface area contributed by atoms with E-state index >= 15 is 0 Å². The third-order valence-electron chi connectivity index (χ3n) is 3.08. The van der Waals surface area contributed by atoms with Crippen LogP contribution in [0.15, 0.2) is 36.4 Å². The number of carbonyl (C=O) groups excluding carboxylic acids is 1. The lowest BCUT2D eigenvalue weighted by Gasteiger charge is -2.08. The molecule has 3 N–H and O–H groups in total. The third-order valence-corrected chi connectivity index (χ3v) is 3.08. The number of allylic oxidation sites excluding steroid dienone is 2. The van der Waals surface area contributed by atoms with E-state index in [1.807, 2.05) is 0 Å². The zero-order valence-electron chi connectivity index (χ0n) is 12.8. The number of carboxylic acids is 1. The lowest BCUT2D eigenvalue weighted by Crippen LogP contribution is -2.32. The Morgan fingerprint density at radius 1 is 1.27 bits per heavy atom. The third kappa shape index (κ3) is 7.04. The summed E-state index contributed by atoms with van der Waals surface area (Å²) in [4.78, 5) is 22.3. The summed E-state index contributed by atoms with van der Waals surface area (Å²) in [5.41, 5.74) is 6.26. The van der Waals surface area contributed by atoms with Crippen molar-refractivity contribution in [3.63, 3.8) is 0 Å². The zero-order chi connectivity index (χ0) is 16.4. The summed E-state index contributed by atoms with van der Waals surface area (Å²) in [5, 5.41) is 8.75. The molecule has 5 nitrogen and oxygen atoms in total. The maximum atomic E-state index is 11.7. The first kappa shape index (κ1) is 17.9. The van der Waals surface area contributed by atoms with Crippen molar-refractivity contribution in [2.24, 2.45) is 5.73 Å². The molecule has 120 valence electrons. The van der Waals surface area contributed by atoms with Gasteiger partial charge in [-0.1, -0.05) is 31.2 Å². The Morgan fingerprint density at radius 3 is 2.55 bits per heavy atom. The molecule has 0 heterocycles. The van der Waals surface area contributed by atoms with Crippen LogP contribution in [0.4, 0.5) is 0 Å². The van der Waals surface area contributed by atoms with Gasteiger partial charge in [0, 0.05) is 6.42 Å². The fourth-order valence-corrected chi connectivity index (χ4v) is 1.87. The van der Waals surface area contributed by atoms with Gasteiger partial charge >= 0.3 is 11.9 Å². The predicted octanol–water partition coefficient (Wildman–Crippen LogP) is 2.68. The zero-order valence-corrected chi connectivity index (χ0v) is 12.8. The van der Waals surface area contributed by atoms with E-state index < -0.39 is 12.0 Å². The molecular formula is C17H23NO4. The number of carbonyl (C=O) groups is 2. The van der Waals surface area contributed by atoms with Crippen molar-refractivity contribution in [1.29, 1.82) is 0 Å². The van der Waals surface area contributed by atoms with Gasteiger partial charge in [0.15, 0.2) is 0 Å². The van der Waals surface area contributed by atoms with E-state index in [1.165, 1.54) is 0 Å². The summed E-state index contributed by atoms with van der Waals surface area (Å²) >= 11 is 0. The number of hydrogen-bond acceptors (Lipinski definition) is 4. The Morgan fingerprint density at radius 2 is 1.95 bits per heavy atom.